The van der Waals surface area contributed by atoms with Crippen molar-refractivity contribution in [3.05, 3.63) is 29.0 Å². The fourth-order valence-corrected chi connectivity index (χ4v) is 2.17. The highest BCUT2D eigenvalue weighted by molar-refractivity contribution is 7.80. The number of hydrogen-bond donors (Lipinski definition) is 2. The Labute approximate surface area is 115 Å². The number of halogens is 2. The van der Waals surface area contributed by atoms with Crippen LogP contribution in [-0.4, -0.2) is 10.9 Å². The largest absolute Gasteiger partial charge is 0.393 e. The zero-order valence-corrected chi connectivity index (χ0v) is 11.6. The topological polar surface area (TPSA) is 55.1 Å². The first-order chi connectivity index (χ1) is 8.34. The molecule has 0 saturated carbocycles. The second-order valence-corrected chi connectivity index (χ2v) is 5.09. The van der Waals surface area contributed by atoms with Crippen molar-refractivity contribution < 1.29 is 9.18 Å². The average Bonchev–Trinajstić information content (AvgIpc) is 2.22. The van der Waals surface area contributed by atoms with E-state index in [1.807, 2.05) is 13.8 Å². The Kier molecular flexibility index (Phi) is 5.04. The summed E-state index contributed by atoms with van der Waals surface area (Å²) in [5, 5.41) is 2.56. The highest BCUT2D eigenvalue weighted by Crippen LogP contribution is 2.26. The first-order valence-electron chi connectivity index (χ1n) is 5.38. The molecule has 1 unspecified atom stereocenters. The van der Waals surface area contributed by atoms with E-state index in [-0.39, 0.29) is 21.6 Å². The molecule has 18 heavy (non-hydrogen) atoms. The standard InChI is InChI=1S/C12H14ClFN2OS/c1-6(2)9(11(15)18)12(17)16-10-7(13)4-3-5-8(10)14/h3-6,9H,1-2H3,(H2,15,18)(H,16,17). The summed E-state index contributed by atoms with van der Waals surface area (Å²) >= 11 is 10.7. The fourth-order valence-electron chi connectivity index (χ4n) is 1.58. The van der Waals surface area contributed by atoms with Crippen molar-refractivity contribution in [1.82, 2.24) is 0 Å². The summed E-state index contributed by atoms with van der Waals surface area (Å²) in [6.45, 7) is 3.62. The van der Waals surface area contributed by atoms with Crippen LogP contribution in [0.2, 0.25) is 5.02 Å². The number of nitrogens with two attached hydrogens (primary N) is 1. The van der Waals surface area contributed by atoms with Crippen molar-refractivity contribution in [2.24, 2.45) is 17.6 Å². The van der Waals surface area contributed by atoms with E-state index in [9.17, 15) is 9.18 Å². The number of nitrogens with one attached hydrogen (secondary N) is 1. The van der Waals surface area contributed by atoms with E-state index in [1.54, 1.807) is 0 Å². The van der Waals surface area contributed by atoms with E-state index in [1.165, 1.54) is 18.2 Å². The SMILES string of the molecule is CC(C)C(C(=O)Nc1c(F)cccc1Cl)C(N)=S. The summed E-state index contributed by atoms with van der Waals surface area (Å²) in [6.07, 6.45) is 0. The monoisotopic (exact) mass is 288 g/mol. The third-order valence-electron chi connectivity index (χ3n) is 2.47. The molecular formula is C12H14ClFN2OS. The van der Waals surface area contributed by atoms with E-state index >= 15 is 0 Å². The van der Waals surface area contributed by atoms with Crippen LogP contribution in [0.3, 0.4) is 0 Å². The Morgan fingerprint density at radius 3 is 2.56 bits per heavy atom. The molecule has 0 aliphatic carbocycles. The lowest BCUT2D eigenvalue weighted by molar-refractivity contribution is -0.118. The van der Waals surface area contributed by atoms with Gasteiger partial charge in [0, 0.05) is 0 Å². The second kappa shape index (κ2) is 6.11. The molecule has 1 amide bonds. The Morgan fingerprint density at radius 1 is 1.50 bits per heavy atom. The first-order valence-corrected chi connectivity index (χ1v) is 6.17. The van der Waals surface area contributed by atoms with E-state index in [2.05, 4.69) is 5.32 Å². The maximum Gasteiger partial charge on any atom is 0.234 e. The normalized spacial score (nSPS) is 12.3. The molecule has 1 atom stereocenters. The number of para-hydroxylation sites is 1. The molecule has 0 bridgehead atoms. The van der Waals surface area contributed by atoms with Gasteiger partial charge in [-0.1, -0.05) is 43.7 Å². The molecule has 3 N–H and O–H groups in total. The third-order valence-corrected chi connectivity index (χ3v) is 3.04. The van der Waals surface area contributed by atoms with Crippen molar-refractivity contribution in [1.29, 1.82) is 0 Å². The molecule has 0 aliphatic rings. The molecule has 3 nitrogen and oxygen atoms in total. The van der Waals surface area contributed by atoms with E-state index < -0.39 is 17.6 Å². The summed E-state index contributed by atoms with van der Waals surface area (Å²) in [5.74, 6) is -1.78. The van der Waals surface area contributed by atoms with Crippen LogP contribution in [0.5, 0.6) is 0 Å². The molecule has 0 radical (unpaired) electrons. The summed E-state index contributed by atoms with van der Waals surface area (Å²) < 4.78 is 13.5. The maximum absolute atomic E-state index is 13.5. The number of rotatable bonds is 4. The van der Waals surface area contributed by atoms with Crippen molar-refractivity contribution in [3.63, 3.8) is 0 Å². The van der Waals surface area contributed by atoms with Gasteiger partial charge in [0.25, 0.3) is 0 Å². The molecule has 0 aliphatic heterocycles. The Morgan fingerprint density at radius 2 is 2.11 bits per heavy atom. The number of carbonyl (C=O) groups is 1. The molecule has 6 heteroatoms. The molecule has 1 rings (SSSR count). The van der Waals surface area contributed by atoms with Crippen molar-refractivity contribution in [3.8, 4) is 0 Å². The molecule has 1 aromatic rings. The minimum absolute atomic E-state index is 0.0499. The van der Waals surface area contributed by atoms with Crippen LogP contribution in [0, 0.1) is 17.7 Å². The summed E-state index contributed by atoms with van der Waals surface area (Å²) in [6, 6.07) is 4.17. The lowest BCUT2D eigenvalue weighted by Crippen LogP contribution is -2.37. The first kappa shape index (κ1) is 14.9. The van der Waals surface area contributed by atoms with Gasteiger partial charge < -0.3 is 11.1 Å². The lowest BCUT2D eigenvalue weighted by Gasteiger charge is -2.19. The number of benzene rings is 1. The Hall–Kier alpha value is -1.20. The molecule has 1 aromatic carbocycles. The number of carbonyl (C=O) groups excluding carboxylic acids is 1. The molecule has 0 aromatic heterocycles. The van der Waals surface area contributed by atoms with E-state index in [4.69, 9.17) is 29.6 Å². The van der Waals surface area contributed by atoms with Crippen LogP contribution in [0.25, 0.3) is 0 Å². The minimum atomic E-state index is -0.657. The summed E-state index contributed by atoms with van der Waals surface area (Å²) in [4.78, 5) is 12.1. The number of anilines is 1. The van der Waals surface area contributed by atoms with Gasteiger partial charge in [-0.15, -0.1) is 0 Å². The smallest absolute Gasteiger partial charge is 0.234 e. The van der Waals surface area contributed by atoms with Crippen molar-refractivity contribution in [2.75, 3.05) is 5.32 Å². The van der Waals surface area contributed by atoms with Gasteiger partial charge in [-0.25, -0.2) is 4.39 Å². The van der Waals surface area contributed by atoms with Crippen LogP contribution in [0.4, 0.5) is 10.1 Å². The van der Waals surface area contributed by atoms with Crippen molar-refractivity contribution in [2.45, 2.75) is 13.8 Å². The zero-order valence-electron chi connectivity index (χ0n) is 10.0. The van der Waals surface area contributed by atoms with Crippen LogP contribution < -0.4 is 11.1 Å². The van der Waals surface area contributed by atoms with E-state index in [0.717, 1.165) is 0 Å². The van der Waals surface area contributed by atoms with Gasteiger partial charge in [-0.05, 0) is 18.1 Å². The van der Waals surface area contributed by atoms with Gasteiger partial charge in [-0.2, -0.15) is 0 Å². The maximum atomic E-state index is 13.5. The summed E-state index contributed by atoms with van der Waals surface area (Å²) in [5.41, 5.74) is 5.46. The highest BCUT2D eigenvalue weighted by atomic mass is 35.5. The Bertz CT molecular complexity index is 459. The van der Waals surface area contributed by atoms with Crippen LogP contribution in [0.15, 0.2) is 18.2 Å². The fraction of sp³-hybridized carbons (Fsp3) is 0.333. The molecule has 0 fully saturated rings. The predicted octanol–water partition coefficient (Wildman–Crippen LogP) is 2.98. The number of hydrogen-bond acceptors (Lipinski definition) is 2. The minimum Gasteiger partial charge on any atom is -0.393 e. The van der Waals surface area contributed by atoms with Gasteiger partial charge in [-0.3, -0.25) is 4.79 Å². The van der Waals surface area contributed by atoms with Crippen LogP contribution in [-0.2, 0) is 4.79 Å². The van der Waals surface area contributed by atoms with Gasteiger partial charge in [0.2, 0.25) is 5.91 Å². The van der Waals surface area contributed by atoms with E-state index in [0.29, 0.717) is 0 Å². The molecule has 0 heterocycles. The lowest BCUT2D eigenvalue weighted by atomic mass is 9.95. The van der Waals surface area contributed by atoms with Crippen LogP contribution >= 0.6 is 23.8 Å². The number of thiocarbonyl (C=S) groups is 1. The molecule has 98 valence electrons. The molecular weight excluding hydrogens is 275 g/mol. The van der Waals surface area contributed by atoms with Gasteiger partial charge in [0.05, 0.1) is 21.6 Å². The Balaban J connectivity index is 2.97. The predicted molar refractivity (Wildman–Crippen MR) is 75.2 cm³/mol. The summed E-state index contributed by atoms with van der Waals surface area (Å²) in [7, 11) is 0. The molecule has 0 saturated heterocycles. The van der Waals surface area contributed by atoms with Gasteiger partial charge >= 0.3 is 0 Å². The third kappa shape index (κ3) is 3.40. The van der Waals surface area contributed by atoms with Crippen molar-refractivity contribution >= 4 is 40.4 Å². The average molecular weight is 289 g/mol. The second-order valence-electron chi connectivity index (χ2n) is 4.21. The van der Waals surface area contributed by atoms with Gasteiger partial charge in [0.15, 0.2) is 0 Å². The molecule has 0 spiro atoms. The zero-order chi connectivity index (χ0) is 13.9. The number of amides is 1. The van der Waals surface area contributed by atoms with Gasteiger partial charge in [0.1, 0.15) is 5.82 Å². The highest BCUT2D eigenvalue weighted by Gasteiger charge is 2.26. The quantitative estimate of drug-likeness (QED) is 0.838. The van der Waals surface area contributed by atoms with Crippen LogP contribution in [0.1, 0.15) is 13.8 Å².